The summed E-state index contributed by atoms with van der Waals surface area (Å²) in [6, 6.07) is 6.96. The first kappa shape index (κ1) is 10.2. The molecule has 1 aromatic heterocycles. The average Bonchev–Trinajstić information content (AvgIpc) is 2.16. The van der Waals surface area contributed by atoms with Gasteiger partial charge >= 0.3 is 0 Å². The second-order valence-electron chi connectivity index (χ2n) is 4.13. The highest BCUT2D eigenvalue weighted by Gasteiger charge is 2.20. The molecule has 1 rings (SSSR count). The normalized spacial score (nSPS) is 11.6. The number of aromatic nitrogens is 1. The van der Waals surface area contributed by atoms with Crippen molar-refractivity contribution in [3.8, 4) is 0 Å². The topological polar surface area (TPSA) is 12.9 Å². The van der Waals surface area contributed by atoms with E-state index >= 15 is 0 Å². The van der Waals surface area contributed by atoms with Crippen molar-refractivity contribution >= 4 is 0 Å². The smallest absolute Gasteiger partial charge is 0.0460 e. The number of nitrogens with zero attached hydrogens (tertiary/aromatic N) is 1. The third-order valence-electron chi connectivity index (χ3n) is 2.46. The Morgan fingerprint density at radius 1 is 1.46 bits per heavy atom. The van der Waals surface area contributed by atoms with Crippen LogP contribution >= 0.6 is 0 Å². The molecule has 0 amide bonds. The molecule has 0 atom stereocenters. The number of hydrogen-bond acceptors (Lipinski definition) is 1. The molecule has 1 heteroatoms. The second-order valence-corrected chi connectivity index (χ2v) is 4.13. The van der Waals surface area contributed by atoms with E-state index in [1.54, 1.807) is 6.20 Å². The molecule has 0 aliphatic rings. The van der Waals surface area contributed by atoms with Gasteiger partial charge in [0.1, 0.15) is 0 Å². The molecule has 0 aliphatic carbocycles. The highest BCUT2D eigenvalue weighted by molar-refractivity contribution is 5.13. The first-order valence-corrected chi connectivity index (χ1v) is 4.99. The summed E-state index contributed by atoms with van der Waals surface area (Å²) < 4.78 is 0. The summed E-state index contributed by atoms with van der Waals surface area (Å²) in [7, 11) is 0. The van der Waals surface area contributed by atoms with Gasteiger partial charge in [0, 0.05) is 23.4 Å². The van der Waals surface area contributed by atoms with Crippen molar-refractivity contribution < 1.29 is 0 Å². The van der Waals surface area contributed by atoms with Gasteiger partial charge in [0.25, 0.3) is 0 Å². The molecule has 13 heavy (non-hydrogen) atoms. The van der Waals surface area contributed by atoms with E-state index in [9.17, 15) is 0 Å². The molecule has 0 bridgehead atoms. The minimum Gasteiger partial charge on any atom is -0.260 e. The summed E-state index contributed by atoms with van der Waals surface area (Å²) in [4.78, 5) is 4.35. The minimum absolute atomic E-state index is 0.213. The van der Waals surface area contributed by atoms with Crippen LogP contribution in [0.15, 0.2) is 18.3 Å². The monoisotopic (exact) mass is 176 g/mol. The van der Waals surface area contributed by atoms with E-state index in [1.807, 2.05) is 6.07 Å². The van der Waals surface area contributed by atoms with Crippen LogP contribution in [0.5, 0.6) is 0 Å². The van der Waals surface area contributed by atoms with E-state index in [0.717, 1.165) is 0 Å². The lowest BCUT2D eigenvalue weighted by Gasteiger charge is -2.23. The molecular weight excluding hydrogens is 158 g/mol. The molecule has 71 valence electrons. The van der Waals surface area contributed by atoms with Crippen LogP contribution in [0.4, 0.5) is 0 Å². The van der Waals surface area contributed by atoms with Crippen LogP contribution in [0.25, 0.3) is 0 Å². The largest absolute Gasteiger partial charge is 0.260 e. The minimum atomic E-state index is 0.213. The standard InChI is InChI=1S/C12H18N/c1-4-5-9-12(2,3)11-8-6-7-10-13-11/h6,8,10H,4-5,9H2,1-3H3. The zero-order valence-corrected chi connectivity index (χ0v) is 8.80. The van der Waals surface area contributed by atoms with Gasteiger partial charge in [-0.3, -0.25) is 4.98 Å². The van der Waals surface area contributed by atoms with Crippen molar-refractivity contribution in [2.24, 2.45) is 0 Å². The van der Waals surface area contributed by atoms with Crippen LogP contribution in [0, 0.1) is 6.07 Å². The van der Waals surface area contributed by atoms with E-state index in [4.69, 9.17) is 0 Å². The summed E-state index contributed by atoms with van der Waals surface area (Å²) in [6.45, 7) is 6.73. The van der Waals surface area contributed by atoms with Crippen LogP contribution in [0.1, 0.15) is 45.7 Å². The molecule has 0 aromatic carbocycles. The zero-order chi connectivity index (χ0) is 9.73. The summed E-state index contributed by atoms with van der Waals surface area (Å²) in [6.07, 6.45) is 5.49. The Morgan fingerprint density at radius 2 is 2.23 bits per heavy atom. The fourth-order valence-corrected chi connectivity index (χ4v) is 1.47. The summed E-state index contributed by atoms with van der Waals surface area (Å²) in [5.74, 6) is 0. The van der Waals surface area contributed by atoms with Crippen molar-refractivity contribution in [3.63, 3.8) is 0 Å². The summed E-state index contributed by atoms with van der Waals surface area (Å²) >= 11 is 0. The number of hydrogen-bond donors (Lipinski definition) is 0. The first-order chi connectivity index (χ1) is 6.17. The van der Waals surface area contributed by atoms with Crippen LogP contribution < -0.4 is 0 Å². The molecule has 0 saturated carbocycles. The van der Waals surface area contributed by atoms with Gasteiger partial charge in [-0.25, -0.2) is 0 Å². The Morgan fingerprint density at radius 3 is 2.77 bits per heavy atom. The van der Waals surface area contributed by atoms with Gasteiger partial charge in [-0.05, 0) is 12.5 Å². The molecule has 0 saturated heterocycles. The fraction of sp³-hybridized carbons (Fsp3) is 0.583. The quantitative estimate of drug-likeness (QED) is 0.685. The Hall–Kier alpha value is -0.850. The van der Waals surface area contributed by atoms with Crippen LogP contribution in [-0.4, -0.2) is 4.98 Å². The predicted molar refractivity (Wildman–Crippen MR) is 55.6 cm³/mol. The van der Waals surface area contributed by atoms with E-state index < -0.39 is 0 Å². The van der Waals surface area contributed by atoms with Gasteiger partial charge in [0.15, 0.2) is 0 Å². The third-order valence-corrected chi connectivity index (χ3v) is 2.46. The molecule has 0 unspecified atom stereocenters. The number of unbranched alkanes of at least 4 members (excludes halogenated alkanes) is 1. The lowest BCUT2D eigenvalue weighted by molar-refractivity contribution is 0.445. The number of pyridine rings is 1. The molecule has 1 radical (unpaired) electrons. The highest BCUT2D eigenvalue weighted by Crippen LogP contribution is 2.26. The molecule has 0 N–H and O–H groups in total. The molecule has 0 fully saturated rings. The average molecular weight is 176 g/mol. The third kappa shape index (κ3) is 2.83. The maximum absolute atomic E-state index is 4.35. The second kappa shape index (κ2) is 4.40. The van der Waals surface area contributed by atoms with Crippen molar-refractivity contribution in [1.29, 1.82) is 0 Å². The summed E-state index contributed by atoms with van der Waals surface area (Å²) in [5, 5.41) is 0. The van der Waals surface area contributed by atoms with Gasteiger partial charge in [-0.2, -0.15) is 0 Å². The van der Waals surface area contributed by atoms with Gasteiger partial charge in [0.05, 0.1) is 0 Å². The number of rotatable bonds is 4. The van der Waals surface area contributed by atoms with Crippen LogP contribution in [-0.2, 0) is 5.41 Å². The predicted octanol–water partition coefficient (Wildman–Crippen LogP) is 3.35. The zero-order valence-electron chi connectivity index (χ0n) is 8.80. The van der Waals surface area contributed by atoms with Gasteiger partial charge in [-0.1, -0.05) is 39.7 Å². The van der Waals surface area contributed by atoms with Gasteiger partial charge < -0.3 is 0 Å². The van der Waals surface area contributed by atoms with E-state index in [1.165, 1.54) is 25.0 Å². The van der Waals surface area contributed by atoms with E-state index in [0.29, 0.717) is 0 Å². The van der Waals surface area contributed by atoms with Crippen molar-refractivity contribution in [1.82, 2.24) is 4.98 Å². The summed E-state index contributed by atoms with van der Waals surface area (Å²) in [5.41, 5.74) is 1.39. The van der Waals surface area contributed by atoms with Crippen molar-refractivity contribution in [2.75, 3.05) is 0 Å². The van der Waals surface area contributed by atoms with Crippen molar-refractivity contribution in [3.05, 3.63) is 30.1 Å². The lowest BCUT2D eigenvalue weighted by atomic mass is 9.83. The molecule has 1 nitrogen and oxygen atoms in total. The Bertz CT molecular complexity index is 239. The maximum atomic E-state index is 4.35. The Kier molecular flexibility index (Phi) is 3.47. The van der Waals surface area contributed by atoms with E-state index in [2.05, 4.69) is 37.9 Å². The van der Waals surface area contributed by atoms with Crippen LogP contribution in [0.3, 0.4) is 0 Å². The lowest BCUT2D eigenvalue weighted by Crippen LogP contribution is -2.18. The molecule has 1 heterocycles. The van der Waals surface area contributed by atoms with Gasteiger partial charge in [0.2, 0.25) is 0 Å². The van der Waals surface area contributed by atoms with Gasteiger partial charge in [-0.15, -0.1) is 0 Å². The molecule has 0 spiro atoms. The molecule has 1 aromatic rings. The van der Waals surface area contributed by atoms with E-state index in [-0.39, 0.29) is 5.41 Å². The Balaban J connectivity index is 2.69. The molecular formula is C12H18N. The fourth-order valence-electron chi connectivity index (χ4n) is 1.47. The maximum Gasteiger partial charge on any atom is 0.0460 e. The SMILES string of the molecule is CCCCC(C)(C)c1cc[c]cn1. The van der Waals surface area contributed by atoms with Crippen LogP contribution in [0.2, 0.25) is 0 Å². The highest BCUT2D eigenvalue weighted by atomic mass is 14.7. The van der Waals surface area contributed by atoms with Crippen molar-refractivity contribution in [2.45, 2.75) is 45.4 Å². The first-order valence-electron chi connectivity index (χ1n) is 4.99. The Labute approximate surface area is 81.2 Å². The molecule has 0 aliphatic heterocycles.